The zero-order chi connectivity index (χ0) is 21.1. The van der Waals surface area contributed by atoms with Gasteiger partial charge in [-0.3, -0.25) is 0 Å². The zero-order valence-corrected chi connectivity index (χ0v) is 19.2. The molecule has 0 unspecified atom stereocenters. The third-order valence-electron chi connectivity index (χ3n) is 5.46. The molecular weight excluding hydrogens is 376 g/mol. The third kappa shape index (κ3) is 4.09. The lowest BCUT2D eigenvalue weighted by Gasteiger charge is -2.35. The minimum absolute atomic E-state index is 0.726. The van der Waals surface area contributed by atoms with E-state index >= 15 is 0 Å². The number of hydrogen-bond donors (Lipinski definition) is 0. The fourth-order valence-corrected chi connectivity index (χ4v) is 4.88. The lowest BCUT2D eigenvalue weighted by Crippen LogP contribution is -2.38. The van der Waals surface area contributed by atoms with Gasteiger partial charge in [-0.2, -0.15) is 0 Å². The summed E-state index contributed by atoms with van der Waals surface area (Å²) in [5, 5.41) is 1.43. The molecule has 0 saturated carbocycles. The predicted molar refractivity (Wildman–Crippen MR) is 122 cm³/mol. The molecule has 0 aliphatic rings. The first kappa shape index (κ1) is 21.2. The average Bonchev–Trinajstić information content (AvgIpc) is 2.75. The van der Waals surface area contributed by atoms with Gasteiger partial charge >= 0.3 is 0 Å². The van der Waals surface area contributed by atoms with Crippen LogP contribution in [0.25, 0.3) is 0 Å². The van der Waals surface area contributed by atoms with Crippen LogP contribution in [0, 0.1) is 0 Å². The summed E-state index contributed by atoms with van der Waals surface area (Å²) < 4.78 is 17.0. The second kappa shape index (κ2) is 8.43. The Kier molecular flexibility index (Phi) is 6.15. The van der Waals surface area contributed by atoms with Gasteiger partial charge in [0.1, 0.15) is 17.1 Å². The Morgan fingerprint density at radius 1 is 0.552 bits per heavy atom. The number of methoxy groups -OCH3 is 3. The van der Waals surface area contributed by atoms with Gasteiger partial charge in [0.25, 0.3) is 0 Å². The van der Waals surface area contributed by atoms with Crippen molar-refractivity contribution in [1.29, 1.82) is 0 Å². The maximum absolute atomic E-state index is 6.30. The Morgan fingerprint density at radius 2 is 0.897 bits per heavy atom. The summed E-state index contributed by atoms with van der Waals surface area (Å²) >= 11 is 0. The van der Waals surface area contributed by atoms with Gasteiger partial charge in [-0.1, -0.05) is 73.4 Å². The highest BCUT2D eigenvalue weighted by Crippen LogP contribution is 2.40. The Hall–Kier alpha value is -2.56. The molecule has 152 valence electrons. The summed E-state index contributed by atoms with van der Waals surface area (Å²) in [6.07, 6.45) is 0. The molecule has 0 aromatic heterocycles. The van der Waals surface area contributed by atoms with Gasteiger partial charge < -0.3 is 14.2 Å². The van der Waals surface area contributed by atoms with Crippen molar-refractivity contribution in [3.05, 3.63) is 89.5 Å². The maximum Gasteiger partial charge on any atom is 0.143 e. The fraction of sp³-hybridized carbons (Fsp3) is 0.280. The van der Waals surface area contributed by atoms with Crippen LogP contribution in [-0.2, 0) is 10.3 Å². The number of benzene rings is 3. The summed E-state index contributed by atoms with van der Waals surface area (Å²) in [7, 11) is 3.74. The van der Waals surface area contributed by atoms with E-state index in [0.717, 1.165) is 28.2 Å². The van der Waals surface area contributed by atoms with Crippen LogP contribution >= 0.6 is 0 Å². The van der Waals surface area contributed by atoms with Crippen molar-refractivity contribution in [2.45, 2.75) is 25.2 Å². The molecule has 0 saturated heterocycles. The molecule has 3 nitrogen and oxygen atoms in total. The predicted octanol–water partition coefficient (Wildman–Crippen LogP) is 5.19. The normalized spacial score (nSPS) is 11.9. The molecule has 4 heteroatoms. The highest BCUT2D eigenvalue weighted by atomic mass is 28.3. The van der Waals surface area contributed by atoms with Crippen molar-refractivity contribution in [3.8, 4) is 11.5 Å². The van der Waals surface area contributed by atoms with E-state index in [2.05, 4.69) is 68.2 Å². The quantitative estimate of drug-likeness (QED) is 0.399. The van der Waals surface area contributed by atoms with Crippen LogP contribution in [-0.4, -0.2) is 29.4 Å². The van der Waals surface area contributed by atoms with Crippen LogP contribution < -0.4 is 14.7 Å². The molecular formula is C25H30O3Si. The molecule has 3 aromatic carbocycles. The lowest BCUT2D eigenvalue weighted by atomic mass is 9.80. The van der Waals surface area contributed by atoms with E-state index in [-0.39, 0.29) is 0 Å². The molecule has 0 atom stereocenters. The van der Waals surface area contributed by atoms with Crippen LogP contribution in [0.3, 0.4) is 0 Å². The minimum Gasteiger partial charge on any atom is -0.497 e. The Morgan fingerprint density at radius 3 is 1.17 bits per heavy atom. The van der Waals surface area contributed by atoms with Crippen LogP contribution in [0.4, 0.5) is 0 Å². The smallest absolute Gasteiger partial charge is 0.143 e. The van der Waals surface area contributed by atoms with Gasteiger partial charge in [-0.05, 0) is 41.0 Å². The minimum atomic E-state index is -1.38. The monoisotopic (exact) mass is 406 g/mol. The van der Waals surface area contributed by atoms with E-state index in [0.29, 0.717) is 0 Å². The molecule has 0 N–H and O–H groups in total. The topological polar surface area (TPSA) is 27.7 Å². The van der Waals surface area contributed by atoms with Crippen molar-refractivity contribution in [2.24, 2.45) is 0 Å². The van der Waals surface area contributed by atoms with Crippen molar-refractivity contribution in [2.75, 3.05) is 21.3 Å². The largest absolute Gasteiger partial charge is 0.497 e. The Labute approximate surface area is 175 Å². The van der Waals surface area contributed by atoms with Crippen LogP contribution in [0.1, 0.15) is 16.7 Å². The van der Waals surface area contributed by atoms with E-state index in [1.54, 1.807) is 21.3 Å². The second-order valence-corrected chi connectivity index (χ2v) is 13.2. The first-order valence-electron chi connectivity index (χ1n) is 9.80. The summed E-state index contributed by atoms with van der Waals surface area (Å²) in [4.78, 5) is 0. The van der Waals surface area contributed by atoms with E-state index in [4.69, 9.17) is 14.2 Å². The fourth-order valence-electron chi connectivity index (χ4n) is 3.71. The molecule has 3 rings (SSSR count). The molecule has 0 aliphatic carbocycles. The van der Waals surface area contributed by atoms with Crippen LogP contribution in [0.5, 0.6) is 11.5 Å². The maximum atomic E-state index is 6.30. The van der Waals surface area contributed by atoms with Crippen LogP contribution in [0.2, 0.25) is 19.6 Å². The van der Waals surface area contributed by atoms with Gasteiger partial charge in [0.15, 0.2) is 0 Å². The number of hydrogen-bond acceptors (Lipinski definition) is 3. The highest BCUT2D eigenvalue weighted by molar-refractivity contribution is 6.88. The van der Waals surface area contributed by atoms with Gasteiger partial charge in [0, 0.05) is 7.11 Å². The third-order valence-corrected chi connectivity index (χ3v) is 7.52. The van der Waals surface area contributed by atoms with Crippen molar-refractivity contribution in [3.63, 3.8) is 0 Å². The van der Waals surface area contributed by atoms with Crippen molar-refractivity contribution >= 4 is 13.3 Å². The Balaban J connectivity index is 2.20. The SMILES string of the molecule is COc1ccc(C(OC)(c2ccc(OC)cc2)c2ccc([Si](C)(C)C)cc2)cc1. The van der Waals surface area contributed by atoms with Crippen LogP contribution in [0.15, 0.2) is 72.8 Å². The molecule has 3 aromatic rings. The number of ether oxygens (including phenoxy) is 3. The van der Waals surface area contributed by atoms with Crippen molar-refractivity contribution < 1.29 is 14.2 Å². The zero-order valence-electron chi connectivity index (χ0n) is 18.2. The molecule has 29 heavy (non-hydrogen) atoms. The highest BCUT2D eigenvalue weighted by Gasteiger charge is 2.37. The molecule has 0 radical (unpaired) electrons. The van der Waals surface area contributed by atoms with E-state index in [9.17, 15) is 0 Å². The first-order valence-corrected chi connectivity index (χ1v) is 13.3. The lowest BCUT2D eigenvalue weighted by molar-refractivity contribution is 0.0584. The van der Waals surface area contributed by atoms with Gasteiger partial charge in [0.05, 0.1) is 22.3 Å². The Bertz CT molecular complexity index is 876. The molecule has 0 aliphatic heterocycles. The summed E-state index contributed by atoms with van der Waals surface area (Å²) in [5.41, 5.74) is 2.46. The molecule has 0 fully saturated rings. The molecule has 0 bridgehead atoms. The average molecular weight is 407 g/mol. The van der Waals surface area contributed by atoms with Gasteiger partial charge in [-0.25, -0.2) is 0 Å². The molecule has 0 amide bonds. The number of rotatable bonds is 7. The van der Waals surface area contributed by atoms with Gasteiger partial charge in [-0.15, -0.1) is 0 Å². The first-order chi connectivity index (χ1) is 13.8. The summed E-state index contributed by atoms with van der Waals surface area (Å²) in [5.74, 6) is 1.64. The van der Waals surface area contributed by atoms with Gasteiger partial charge in [0.2, 0.25) is 0 Å². The standard InChI is InChI=1S/C25H30O3Si/c1-26-22-13-7-19(8-14-22)25(28-3,20-9-15-23(27-2)16-10-20)21-11-17-24(18-12-21)29(4,5)6/h7-18H,1-6H3. The second-order valence-electron chi connectivity index (χ2n) is 8.17. The van der Waals surface area contributed by atoms with E-state index in [1.165, 1.54) is 5.19 Å². The van der Waals surface area contributed by atoms with Crippen molar-refractivity contribution in [1.82, 2.24) is 0 Å². The molecule has 0 spiro atoms. The summed E-state index contributed by atoms with van der Waals surface area (Å²) in [6, 6.07) is 25.1. The van der Waals surface area contributed by atoms with E-state index < -0.39 is 13.7 Å². The summed E-state index contributed by atoms with van der Waals surface area (Å²) in [6.45, 7) is 7.08. The van der Waals surface area contributed by atoms with E-state index in [1.807, 2.05) is 24.3 Å². The molecule has 0 heterocycles.